The Bertz CT molecular complexity index is 1040. The van der Waals surface area contributed by atoms with E-state index in [9.17, 15) is 9.59 Å². The lowest BCUT2D eigenvalue weighted by molar-refractivity contribution is -0.121. The number of hydrogen-bond acceptors (Lipinski definition) is 2. The molecule has 1 unspecified atom stereocenters. The fourth-order valence-electron chi connectivity index (χ4n) is 4.50. The van der Waals surface area contributed by atoms with Crippen molar-refractivity contribution in [1.82, 2.24) is 10.6 Å². The van der Waals surface area contributed by atoms with Crippen LogP contribution in [0.4, 0.5) is 0 Å². The van der Waals surface area contributed by atoms with Crippen molar-refractivity contribution < 1.29 is 9.59 Å². The van der Waals surface area contributed by atoms with Crippen LogP contribution in [0.2, 0.25) is 0 Å². The molecule has 1 atom stereocenters. The quantitative estimate of drug-likeness (QED) is 0.743. The van der Waals surface area contributed by atoms with E-state index in [1.54, 1.807) is 0 Å². The van der Waals surface area contributed by atoms with Gasteiger partial charge in [0.1, 0.15) is 0 Å². The molecule has 4 nitrogen and oxygen atoms in total. The van der Waals surface area contributed by atoms with Crippen LogP contribution in [0.25, 0.3) is 0 Å². The van der Waals surface area contributed by atoms with E-state index in [0.29, 0.717) is 19.5 Å². The second kappa shape index (κ2) is 6.97. The van der Waals surface area contributed by atoms with Crippen molar-refractivity contribution in [2.75, 3.05) is 6.54 Å². The van der Waals surface area contributed by atoms with Gasteiger partial charge in [0.2, 0.25) is 5.91 Å². The first-order valence-corrected chi connectivity index (χ1v) is 10.8. The van der Waals surface area contributed by atoms with Crippen molar-refractivity contribution in [3.63, 3.8) is 0 Å². The minimum Gasteiger partial charge on any atom is -0.352 e. The molecule has 2 aliphatic heterocycles. The molecule has 2 aromatic rings. The van der Waals surface area contributed by atoms with Gasteiger partial charge in [-0.3, -0.25) is 9.59 Å². The average molecular weight is 405 g/mol. The summed E-state index contributed by atoms with van der Waals surface area (Å²) < 4.78 is 0. The summed E-state index contributed by atoms with van der Waals surface area (Å²) in [4.78, 5) is 24.7. The maximum absolute atomic E-state index is 12.6. The molecule has 0 aromatic heterocycles. The van der Waals surface area contributed by atoms with Crippen LogP contribution in [-0.4, -0.2) is 18.4 Å². The van der Waals surface area contributed by atoms with Gasteiger partial charge in [0, 0.05) is 24.6 Å². The highest BCUT2D eigenvalue weighted by molar-refractivity contribution is 5.97. The van der Waals surface area contributed by atoms with Gasteiger partial charge in [-0.1, -0.05) is 65.8 Å². The molecular formula is C26H32N2O2. The maximum atomic E-state index is 12.6. The van der Waals surface area contributed by atoms with Crippen LogP contribution in [0.1, 0.15) is 91.2 Å². The molecule has 0 saturated carbocycles. The molecule has 4 rings (SSSR count). The summed E-state index contributed by atoms with van der Waals surface area (Å²) in [6, 6.07) is 10.8. The molecule has 2 amide bonds. The van der Waals surface area contributed by atoms with Crippen LogP contribution in [0.15, 0.2) is 30.3 Å². The van der Waals surface area contributed by atoms with E-state index in [2.05, 4.69) is 76.4 Å². The first-order valence-electron chi connectivity index (χ1n) is 10.8. The first kappa shape index (κ1) is 20.6. The summed E-state index contributed by atoms with van der Waals surface area (Å²) in [6.07, 6.45) is 0.417. The predicted molar refractivity (Wildman–Crippen MR) is 120 cm³/mol. The Labute approximate surface area is 179 Å². The van der Waals surface area contributed by atoms with Crippen LogP contribution in [0.5, 0.6) is 0 Å². The van der Waals surface area contributed by atoms with E-state index in [-0.39, 0.29) is 28.6 Å². The van der Waals surface area contributed by atoms with Gasteiger partial charge >= 0.3 is 0 Å². The van der Waals surface area contributed by atoms with Gasteiger partial charge in [-0.05, 0) is 50.3 Å². The lowest BCUT2D eigenvalue weighted by atomic mass is 9.75. The summed E-state index contributed by atoms with van der Waals surface area (Å²) in [6.45, 7) is 14.3. The Morgan fingerprint density at radius 1 is 0.833 bits per heavy atom. The molecule has 2 aromatic carbocycles. The Kier molecular flexibility index (Phi) is 4.80. The van der Waals surface area contributed by atoms with Crippen LogP contribution < -0.4 is 10.6 Å². The van der Waals surface area contributed by atoms with Crippen LogP contribution >= 0.6 is 0 Å². The number of amides is 2. The van der Waals surface area contributed by atoms with Crippen molar-refractivity contribution in [1.29, 1.82) is 0 Å². The number of rotatable bonds is 1. The molecule has 4 heteroatoms. The average Bonchev–Trinajstić information content (AvgIpc) is 2.65. The highest BCUT2D eigenvalue weighted by Gasteiger charge is 2.32. The normalized spacial score (nSPS) is 18.9. The minimum absolute atomic E-state index is 0.00384. The molecule has 2 N–H and O–H groups in total. The van der Waals surface area contributed by atoms with Gasteiger partial charge < -0.3 is 10.6 Å². The van der Waals surface area contributed by atoms with Crippen molar-refractivity contribution in [2.45, 2.75) is 71.3 Å². The lowest BCUT2D eigenvalue weighted by Gasteiger charge is -2.33. The maximum Gasteiger partial charge on any atom is 0.251 e. The van der Waals surface area contributed by atoms with Crippen LogP contribution in [0, 0.1) is 0 Å². The molecular weight excluding hydrogens is 372 g/mol. The molecule has 2 aliphatic rings. The third-order valence-electron chi connectivity index (χ3n) is 6.44. The highest BCUT2D eigenvalue weighted by atomic mass is 16.2. The Morgan fingerprint density at radius 3 is 2.17 bits per heavy atom. The summed E-state index contributed by atoms with van der Waals surface area (Å²) in [5, 5.41) is 6.11. The molecule has 0 aliphatic carbocycles. The number of hydrogen-bond donors (Lipinski definition) is 2. The topological polar surface area (TPSA) is 58.2 Å². The molecule has 158 valence electrons. The van der Waals surface area contributed by atoms with Gasteiger partial charge in [0.15, 0.2) is 0 Å². The van der Waals surface area contributed by atoms with E-state index in [1.807, 2.05) is 6.07 Å². The number of benzene rings is 2. The van der Waals surface area contributed by atoms with Gasteiger partial charge in [0.25, 0.3) is 5.91 Å². The van der Waals surface area contributed by atoms with Crippen molar-refractivity contribution in [3.8, 4) is 0 Å². The summed E-state index contributed by atoms with van der Waals surface area (Å²) in [5.41, 5.74) is 7.85. The van der Waals surface area contributed by atoms with Gasteiger partial charge in [-0.15, -0.1) is 0 Å². The molecule has 0 fully saturated rings. The molecule has 0 radical (unpaired) electrons. The van der Waals surface area contributed by atoms with E-state index < -0.39 is 0 Å². The third-order valence-corrected chi connectivity index (χ3v) is 6.44. The van der Waals surface area contributed by atoms with Crippen LogP contribution in [0.3, 0.4) is 0 Å². The molecule has 0 saturated heterocycles. The monoisotopic (exact) mass is 404 g/mol. The van der Waals surface area contributed by atoms with Crippen molar-refractivity contribution in [3.05, 3.63) is 69.3 Å². The Morgan fingerprint density at radius 2 is 1.50 bits per heavy atom. The largest absolute Gasteiger partial charge is 0.352 e. The number of nitrogens with one attached hydrogen (secondary N) is 2. The van der Waals surface area contributed by atoms with Gasteiger partial charge in [-0.25, -0.2) is 0 Å². The lowest BCUT2D eigenvalue weighted by Crippen LogP contribution is -2.38. The van der Waals surface area contributed by atoms with Crippen molar-refractivity contribution in [2.24, 2.45) is 0 Å². The molecule has 30 heavy (non-hydrogen) atoms. The Hall–Kier alpha value is -2.62. The summed E-state index contributed by atoms with van der Waals surface area (Å²) >= 11 is 0. The first-order chi connectivity index (χ1) is 13.9. The number of fused-ring (bicyclic) bond motifs is 2. The zero-order valence-corrected chi connectivity index (χ0v) is 18.9. The fourth-order valence-corrected chi connectivity index (χ4v) is 4.50. The van der Waals surface area contributed by atoms with E-state index >= 15 is 0 Å². The highest BCUT2D eigenvalue weighted by Crippen LogP contribution is 2.39. The fraction of sp³-hybridized carbons (Fsp3) is 0.462. The standard InChI is InChI=1S/C26H32N2O2/c1-25(2,3)16-7-8-18-19(11-16)22(14-28-24(18)30)20-12-17(26(4,5)6)9-15-10-23(29)27-13-21(15)20/h7-9,11-12,22H,10,13-14H2,1-6H3,(H,27,29)(H,28,30). The zero-order chi connectivity index (χ0) is 21.8. The van der Waals surface area contributed by atoms with E-state index in [1.165, 1.54) is 22.3 Å². The SMILES string of the molecule is CC(C)(C)c1ccc2c(c1)C(c1cc(C(C)(C)C)cc3c1CNC(=O)C3)CNC2=O. The third kappa shape index (κ3) is 3.64. The van der Waals surface area contributed by atoms with Crippen LogP contribution in [-0.2, 0) is 28.6 Å². The van der Waals surface area contributed by atoms with E-state index in [4.69, 9.17) is 0 Å². The molecule has 2 heterocycles. The predicted octanol–water partition coefficient (Wildman–Crippen LogP) is 4.33. The number of carbonyl (C=O) groups is 2. The Balaban J connectivity index is 1.93. The second-order valence-corrected chi connectivity index (χ2v) is 10.7. The van der Waals surface area contributed by atoms with Gasteiger partial charge in [-0.2, -0.15) is 0 Å². The van der Waals surface area contributed by atoms with Gasteiger partial charge in [0.05, 0.1) is 6.42 Å². The number of carbonyl (C=O) groups excluding carboxylic acids is 2. The summed E-state index contributed by atoms with van der Waals surface area (Å²) in [7, 11) is 0. The molecule has 0 spiro atoms. The van der Waals surface area contributed by atoms with E-state index in [0.717, 1.165) is 16.7 Å². The second-order valence-electron chi connectivity index (χ2n) is 10.7. The van der Waals surface area contributed by atoms with Crippen molar-refractivity contribution >= 4 is 11.8 Å². The smallest absolute Gasteiger partial charge is 0.251 e. The summed E-state index contributed by atoms with van der Waals surface area (Å²) in [5.74, 6) is 0.147. The molecule has 0 bridgehead atoms. The minimum atomic E-state index is -0.0221. The zero-order valence-electron chi connectivity index (χ0n) is 18.9.